The fourth-order valence-electron chi connectivity index (χ4n) is 4.78. The summed E-state index contributed by atoms with van der Waals surface area (Å²) in [5, 5.41) is 4.23. The van der Waals surface area contributed by atoms with E-state index in [1.165, 1.54) is 21.0 Å². The van der Waals surface area contributed by atoms with Gasteiger partial charge in [0.15, 0.2) is 0 Å². The summed E-state index contributed by atoms with van der Waals surface area (Å²) in [6, 6.07) is -0.977. The summed E-state index contributed by atoms with van der Waals surface area (Å²) in [4.78, 5) is 41.2. The molecule has 0 saturated carbocycles. The molecule has 2 amide bonds. The molecule has 0 aromatic heterocycles. The Balaban J connectivity index is 1.50. The molecular weight excluding hydrogens is 560 g/mol. The third kappa shape index (κ3) is 8.93. The van der Waals surface area contributed by atoms with Crippen molar-refractivity contribution in [1.82, 2.24) is 20.2 Å². The molecule has 0 unspecified atom stereocenters. The van der Waals surface area contributed by atoms with Crippen LogP contribution in [0.2, 0.25) is 0 Å². The van der Waals surface area contributed by atoms with E-state index in [1.807, 2.05) is 20.8 Å². The van der Waals surface area contributed by atoms with Crippen LogP contribution in [0.15, 0.2) is 12.4 Å². The molecule has 3 fully saturated rings. The van der Waals surface area contributed by atoms with E-state index < -0.39 is 40.0 Å². The Kier molecular flexibility index (Phi) is 10.5. The molecule has 2 bridgehead atoms. The number of nitrogens with zero attached hydrogens (tertiary/aromatic N) is 3. The van der Waals surface area contributed by atoms with Crippen molar-refractivity contribution in [3.8, 4) is 0 Å². The van der Waals surface area contributed by atoms with Gasteiger partial charge >= 0.3 is 22.5 Å². The summed E-state index contributed by atoms with van der Waals surface area (Å²) >= 11 is 0. The highest BCUT2D eigenvalue weighted by molar-refractivity contribution is 7.81. The predicted octanol–water partition coefficient (Wildman–Crippen LogP) is 1.53. The standard InChI is InChI=1S/C26H44N4O10S/c1-18-29-16-20(30(18)40-41(34,35)38-17-26(5,6)23(32)37-15-14-36-7)8-9-21(29)22(31)27-19-10-12-28(13-11-19)24(33)39-25(2,3)4/h19-21H,1,8-17H2,2-7H3,(H,27,31)/t20-,21+/m1/s1. The smallest absolute Gasteiger partial charge is 0.421 e. The van der Waals surface area contributed by atoms with Gasteiger partial charge in [-0.15, -0.1) is 4.28 Å². The summed E-state index contributed by atoms with van der Waals surface area (Å²) in [6.45, 7) is 13.5. The Morgan fingerprint density at radius 1 is 1.02 bits per heavy atom. The molecule has 15 heteroatoms. The Morgan fingerprint density at radius 2 is 1.68 bits per heavy atom. The molecule has 14 nitrogen and oxygen atoms in total. The molecule has 0 aromatic carbocycles. The summed E-state index contributed by atoms with van der Waals surface area (Å²) in [6.07, 6.45) is 1.81. The number of hydrogen-bond acceptors (Lipinski definition) is 12. The van der Waals surface area contributed by atoms with Gasteiger partial charge in [-0.2, -0.15) is 8.42 Å². The summed E-state index contributed by atoms with van der Waals surface area (Å²) in [5.74, 6) is -0.588. The van der Waals surface area contributed by atoms with Gasteiger partial charge in [-0.05, 0) is 60.3 Å². The number of carbonyl (C=O) groups excluding carboxylic acids is 3. The molecule has 234 valence electrons. The van der Waals surface area contributed by atoms with Crippen molar-refractivity contribution in [2.75, 3.05) is 46.6 Å². The van der Waals surface area contributed by atoms with Gasteiger partial charge < -0.3 is 29.3 Å². The van der Waals surface area contributed by atoms with Crippen molar-refractivity contribution in [2.24, 2.45) is 5.41 Å². The zero-order valence-electron chi connectivity index (χ0n) is 24.8. The first-order chi connectivity index (χ1) is 19.0. The van der Waals surface area contributed by atoms with Crippen molar-refractivity contribution < 1.29 is 45.5 Å². The van der Waals surface area contributed by atoms with Crippen molar-refractivity contribution in [3.05, 3.63) is 12.4 Å². The van der Waals surface area contributed by atoms with Crippen LogP contribution in [-0.4, -0.2) is 112 Å². The lowest BCUT2D eigenvalue weighted by Gasteiger charge is -2.36. The van der Waals surface area contributed by atoms with Crippen LogP contribution in [0.25, 0.3) is 0 Å². The van der Waals surface area contributed by atoms with Crippen LogP contribution in [0, 0.1) is 5.41 Å². The SMILES string of the molecule is C=C1N2C[C@@H](CC[C@H]2C(=O)NC2CCN(C(=O)OC(C)(C)C)CC2)N1OS(=O)(=O)OCC(C)(C)C(=O)OCCOC. The Labute approximate surface area is 242 Å². The lowest BCUT2D eigenvalue weighted by molar-refractivity contribution is -0.157. The largest absolute Gasteiger partial charge is 0.463 e. The van der Waals surface area contributed by atoms with Crippen LogP contribution in [-0.2, 0) is 42.7 Å². The average Bonchev–Trinajstić information content (AvgIpc) is 3.11. The number of methoxy groups -OCH3 is 1. The van der Waals surface area contributed by atoms with Crippen LogP contribution < -0.4 is 5.32 Å². The molecule has 3 heterocycles. The Hall–Kier alpha value is -2.62. The monoisotopic (exact) mass is 604 g/mol. The molecule has 3 aliphatic rings. The second-order valence-electron chi connectivity index (χ2n) is 12.1. The highest BCUT2D eigenvalue weighted by Gasteiger charge is 2.47. The quantitative estimate of drug-likeness (QED) is 0.269. The zero-order chi connectivity index (χ0) is 30.6. The Bertz CT molecular complexity index is 1080. The van der Waals surface area contributed by atoms with Crippen molar-refractivity contribution in [1.29, 1.82) is 0 Å². The number of fused-ring (bicyclic) bond motifs is 2. The van der Waals surface area contributed by atoms with Gasteiger partial charge in [0.25, 0.3) is 0 Å². The maximum absolute atomic E-state index is 13.2. The fourth-order valence-corrected chi connectivity index (χ4v) is 5.67. The van der Waals surface area contributed by atoms with E-state index in [0.29, 0.717) is 45.3 Å². The number of hydroxylamine groups is 2. The molecule has 2 atom stereocenters. The number of ether oxygens (including phenoxy) is 3. The predicted molar refractivity (Wildman–Crippen MR) is 146 cm³/mol. The summed E-state index contributed by atoms with van der Waals surface area (Å²) in [7, 11) is -3.08. The topological polar surface area (TPSA) is 153 Å². The van der Waals surface area contributed by atoms with E-state index >= 15 is 0 Å². The lowest BCUT2D eigenvalue weighted by Crippen LogP contribution is -2.53. The molecule has 3 rings (SSSR count). The van der Waals surface area contributed by atoms with Gasteiger partial charge in [0.2, 0.25) is 5.91 Å². The van der Waals surface area contributed by atoms with Crippen LogP contribution >= 0.6 is 0 Å². The van der Waals surface area contributed by atoms with Crippen molar-refractivity contribution in [3.63, 3.8) is 0 Å². The molecule has 41 heavy (non-hydrogen) atoms. The number of amides is 2. The second kappa shape index (κ2) is 13.1. The van der Waals surface area contributed by atoms with E-state index in [9.17, 15) is 22.8 Å². The minimum Gasteiger partial charge on any atom is -0.463 e. The van der Waals surface area contributed by atoms with Crippen molar-refractivity contribution >= 4 is 28.4 Å². The van der Waals surface area contributed by atoms with Gasteiger partial charge in [0.1, 0.15) is 24.1 Å². The third-order valence-corrected chi connectivity index (χ3v) is 7.83. The van der Waals surface area contributed by atoms with E-state index in [2.05, 4.69) is 11.9 Å². The molecular formula is C26H44N4O10S. The maximum atomic E-state index is 13.2. The van der Waals surface area contributed by atoms with Crippen molar-refractivity contribution in [2.45, 2.75) is 84.0 Å². The molecule has 3 aliphatic heterocycles. The normalized spacial score (nSPS) is 22.1. The molecule has 0 radical (unpaired) electrons. The van der Waals surface area contributed by atoms with Crippen LogP contribution in [0.5, 0.6) is 0 Å². The number of piperidine rings is 2. The van der Waals surface area contributed by atoms with Gasteiger partial charge in [-0.25, -0.2) is 14.0 Å². The van der Waals surface area contributed by atoms with E-state index in [0.717, 1.165) is 5.06 Å². The van der Waals surface area contributed by atoms with Gasteiger partial charge in [-0.3, -0.25) is 9.59 Å². The van der Waals surface area contributed by atoms with Gasteiger partial charge in [-0.1, -0.05) is 6.58 Å². The number of likely N-dealkylation sites (tertiary alicyclic amines) is 1. The third-order valence-electron chi connectivity index (χ3n) is 7.08. The van der Waals surface area contributed by atoms with Gasteiger partial charge in [0, 0.05) is 32.8 Å². The van der Waals surface area contributed by atoms with E-state index in [1.54, 1.807) is 9.80 Å². The number of carbonyl (C=O) groups is 3. The minimum atomic E-state index is -4.55. The molecule has 0 spiro atoms. The minimum absolute atomic E-state index is 0.0349. The van der Waals surface area contributed by atoms with E-state index in [4.69, 9.17) is 22.7 Å². The maximum Gasteiger partial charge on any atom is 0.421 e. The summed E-state index contributed by atoms with van der Waals surface area (Å²) < 4.78 is 50.9. The zero-order valence-corrected chi connectivity index (χ0v) is 25.7. The highest BCUT2D eigenvalue weighted by Crippen LogP contribution is 2.36. The first-order valence-corrected chi connectivity index (χ1v) is 15.1. The lowest BCUT2D eigenvalue weighted by atomic mass is 9.95. The first-order valence-electron chi connectivity index (χ1n) is 13.8. The highest BCUT2D eigenvalue weighted by atomic mass is 32.3. The van der Waals surface area contributed by atoms with Crippen LogP contribution in [0.4, 0.5) is 4.79 Å². The molecule has 3 saturated heterocycles. The first kappa shape index (κ1) is 32.9. The molecule has 0 aromatic rings. The summed E-state index contributed by atoms with van der Waals surface area (Å²) in [5.41, 5.74) is -1.82. The van der Waals surface area contributed by atoms with E-state index in [-0.39, 0.29) is 43.1 Å². The average molecular weight is 605 g/mol. The van der Waals surface area contributed by atoms with Gasteiger partial charge in [0.05, 0.1) is 24.7 Å². The van der Waals surface area contributed by atoms with Crippen LogP contribution in [0.1, 0.15) is 60.3 Å². The molecule has 1 N–H and O–H groups in total. The fraction of sp³-hybridized carbons (Fsp3) is 0.808. The number of rotatable bonds is 11. The number of hydrogen-bond donors (Lipinski definition) is 1. The second-order valence-corrected chi connectivity index (χ2v) is 13.4. The number of esters is 1. The Morgan fingerprint density at radius 3 is 2.29 bits per heavy atom. The number of nitrogens with one attached hydrogen (secondary N) is 1. The van der Waals surface area contributed by atoms with Crippen LogP contribution in [0.3, 0.4) is 0 Å². The molecule has 0 aliphatic carbocycles.